The average Bonchev–Trinajstić information content (AvgIpc) is 2.05. The van der Waals surface area contributed by atoms with E-state index in [1.54, 1.807) is 0 Å². The SMILES string of the molecule is CC(P)c1ccccc1.C[Si](C)C.[CH3-].[Dy]. The molecule has 0 saturated heterocycles. The van der Waals surface area contributed by atoms with Crippen molar-refractivity contribution >= 4 is 18.0 Å². The third-order valence-corrected chi connectivity index (χ3v) is 1.71. The minimum absolute atomic E-state index is 0. The van der Waals surface area contributed by atoms with Gasteiger partial charge in [0, 0.05) is 47.0 Å². The second-order valence-corrected chi connectivity index (χ2v) is 7.70. The molecule has 2 unspecified atom stereocenters. The van der Waals surface area contributed by atoms with E-state index in [4.69, 9.17) is 0 Å². The van der Waals surface area contributed by atoms with Crippen molar-refractivity contribution in [3.63, 3.8) is 0 Å². The number of hydrogen-bond donors (Lipinski definition) is 0. The first-order valence-electron chi connectivity index (χ1n) is 4.61. The summed E-state index contributed by atoms with van der Waals surface area (Å²) >= 11 is 0. The molecular weight excluding hydrogens is 366 g/mol. The van der Waals surface area contributed by atoms with Gasteiger partial charge in [0.15, 0.2) is 0 Å². The van der Waals surface area contributed by atoms with Gasteiger partial charge in [-0.2, -0.15) is 0 Å². The minimum atomic E-state index is 0. The van der Waals surface area contributed by atoms with Gasteiger partial charge in [0.1, 0.15) is 0 Å². The fourth-order valence-corrected chi connectivity index (χ4v) is 0.979. The van der Waals surface area contributed by atoms with Crippen molar-refractivity contribution < 1.29 is 38.2 Å². The van der Waals surface area contributed by atoms with Crippen LogP contribution in [-0.2, 0) is 0 Å². The Morgan fingerprint density at radius 2 is 1.40 bits per heavy atom. The van der Waals surface area contributed by atoms with Crippen LogP contribution in [0.15, 0.2) is 30.3 Å². The van der Waals surface area contributed by atoms with Crippen LogP contribution in [0.4, 0.5) is 0 Å². The summed E-state index contributed by atoms with van der Waals surface area (Å²) in [6.45, 7) is 8.97. The Hall–Kier alpha value is 1.14. The van der Waals surface area contributed by atoms with Crippen LogP contribution >= 0.6 is 9.24 Å². The Morgan fingerprint density at radius 3 is 1.60 bits per heavy atom. The second kappa shape index (κ2) is 13.2. The summed E-state index contributed by atoms with van der Waals surface area (Å²) in [6, 6.07) is 10.4. The van der Waals surface area contributed by atoms with Gasteiger partial charge in [0.2, 0.25) is 0 Å². The minimum Gasteiger partial charge on any atom is -0.358 e. The summed E-state index contributed by atoms with van der Waals surface area (Å²) in [7, 11) is 2.89. The van der Waals surface area contributed by atoms with Crippen LogP contribution in [-0.4, -0.2) is 8.80 Å². The number of hydrogen-bond acceptors (Lipinski definition) is 0. The van der Waals surface area contributed by atoms with Gasteiger partial charge < -0.3 is 7.43 Å². The molecule has 0 aromatic heterocycles. The molecule has 0 fully saturated rings. The van der Waals surface area contributed by atoms with Gasteiger partial charge in [-0.1, -0.05) is 56.9 Å². The van der Waals surface area contributed by atoms with Crippen LogP contribution in [0.1, 0.15) is 18.1 Å². The molecular formula is C12H23DyPSi-. The molecule has 1 rings (SSSR count). The summed E-state index contributed by atoms with van der Waals surface area (Å²) < 4.78 is 0. The molecule has 0 aliphatic rings. The molecule has 0 aliphatic heterocycles. The fraction of sp³-hybridized carbons (Fsp3) is 0.417. The largest absolute Gasteiger partial charge is 0.358 e. The molecule has 0 amide bonds. The van der Waals surface area contributed by atoms with Gasteiger partial charge in [0.25, 0.3) is 0 Å². The van der Waals surface area contributed by atoms with E-state index in [2.05, 4.69) is 60.1 Å². The maximum Gasteiger partial charge on any atom is 0.0379 e. The quantitative estimate of drug-likeness (QED) is 0.379. The van der Waals surface area contributed by atoms with Crippen molar-refractivity contribution in [1.82, 2.24) is 0 Å². The van der Waals surface area contributed by atoms with Crippen molar-refractivity contribution in [1.29, 1.82) is 0 Å². The molecule has 3 heteroatoms. The van der Waals surface area contributed by atoms with E-state index in [0.717, 1.165) is 0 Å². The molecule has 0 heterocycles. The first-order valence-corrected chi connectivity index (χ1v) is 8.28. The first kappa shape index (κ1) is 21.4. The Balaban J connectivity index is -0.000000213. The Bertz CT molecular complexity index is 209. The topological polar surface area (TPSA) is 0 Å². The number of rotatable bonds is 1. The smallest absolute Gasteiger partial charge is 0.0379 e. The normalized spacial score (nSPS) is 10.3. The van der Waals surface area contributed by atoms with E-state index in [9.17, 15) is 0 Å². The van der Waals surface area contributed by atoms with Crippen LogP contribution in [0.3, 0.4) is 0 Å². The Kier molecular flexibility index (Phi) is 18.9. The summed E-state index contributed by atoms with van der Waals surface area (Å²) in [5.74, 6) is 0. The van der Waals surface area contributed by atoms with Gasteiger partial charge in [0.05, 0.1) is 0 Å². The van der Waals surface area contributed by atoms with E-state index in [-0.39, 0.29) is 54.4 Å². The maximum atomic E-state index is 2.77. The molecule has 0 nitrogen and oxygen atoms in total. The van der Waals surface area contributed by atoms with E-state index >= 15 is 0 Å². The molecule has 1 radical (unpaired) electrons. The zero-order valence-corrected chi connectivity index (χ0v) is 14.5. The zero-order valence-electron chi connectivity index (χ0n) is 10.4. The zero-order chi connectivity index (χ0) is 10.3. The van der Waals surface area contributed by atoms with Gasteiger partial charge in [-0.15, -0.1) is 9.24 Å². The van der Waals surface area contributed by atoms with Crippen molar-refractivity contribution in [2.24, 2.45) is 0 Å². The van der Waals surface area contributed by atoms with Crippen molar-refractivity contribution in [3.8, 4) is 0 Å². The van der Waals surface area contributed by atoms with Crippen LogP contribution in [0.5, 0.6) is 0 Å². The van der Waals surface area contributed by atoms with Crippen molar-refractivity contribution in [2.75, 3.05) is 0 Å². The maximum absolute atomic E-state index is 2.77. The molecule has 0 aliphatic carbocycles. The molecule has 1 aromatic rings. The third-order valence-electron chi connectivity index (χ3n) is 1.33. The molecule has 0 spiro atoms. The van der Waals surface area contributed by atoms with Crippen LogP contribution in [0.25, 0.3) is 0 Å². The van der Waals surface area contributed by atoms with Gasteiger partial charge in [-0.3, -0.25) is 0 Å². The number of benzene rings is 1. The fourth-order valence-electron chi connectivity index (χ4n) is 0.757. The predicted octanol–water partition coefficient (Wildman–Crippen LogP) is 4.44. The first-order chi connectivity index (χ1) is 6.04. The molecule has 91 valence electrons. The summed E-state index contributed by atoms with van der Waals surface area (Å²) in [6.07, 6.45) is 0. The monoisotopic (exact) mass is 390 g/mol. The van der Waals surface area contributed by atoms with E-state index < -0.39 is 0 Å². The summed E-state index contributed by atoms with van der Waals surface area (Å²) in [5.41, 5.74) is 1.95. The van der Waals surface area contributed by atoms with Crippen LogP contribution in [0, 0.1) is 45.6 Å². The van der Waals surface area contributed by atoms with Gasteiger partial charge in [-0.05, 0) is 11.2 Å². The summed E-state index contributed by atoms with van der Waals surface area (Å²) in [5, 5.41) is 0. The van der Waals surface area contributed by atoms with Crippen LogP contribution < -0.4 is 0 Å². The molecule has 0 N–H and O–H groups in total. The van der Waals surface area contributed by atoms with E-state index in [1.807, 2.05) is 6.07 Å². The van der Waals surface area contributed by atoms with Crippen molar-refractivity contribution in [3.05, 3.63) is 43.3 Å². The molecule has 2 atom stereocenters. The Labute approximate surface area is 130 Å². The molecule has 0 bridgehead atoms. The molecule has 0 saturated carbocycles. The van der Waals surface area contributed by atoms with Gasteiger partial charge >= 0.3 is 0 Å². The van der Waals surface area contributed by atoms with Gasteiger partial charge in [-0.25, -0.2) is 0 Å². The predicted molar refractivity (Wildman–Crippen MR) is 74.3 cm³/mol. The van der Waals surface area contributed by atoms with E-state index in [1.165, 1.54) is 5.56 Å². The van der Waals surface area contributed by atoms with Crippen LogP contribution in [0.2, 0.25) is 19.6 Å². The second-order valence-electron chi connectivity index (χ2n) is 3.70. The van der Waals surface area contributed by atoms with E-state index in [0.29, 0.717) is 5.66 Å². The molecule has 1 aromatic carbocycles. The van der Waals surface area contributed by atoms with Crippen molar-refractivity contribution in [2.45, 2.75) is 32.2 Å². The average molecular weight is 389 g/mol. The standard InChI is InChI=1S/C8H11P.C3H9Si.CH3.Dy/c1-7(9)8-5-3-2-4-6-8;1-4(2)3;;/h2-7H,9H2,1H3;1-3H3;1H3;/q;;-1;. The molecule has 15 heavy (non-hydrogen) atoms. The third kappa shape index (κ3) is 15.1. The Morgan fingerprint density at radius 1 is 1.07 bits per heavy atom. The summed E-state index contributed by atoms with van der Waals surface area (Å²) in [4.78, 5) is 0.